The molecule has 2 amide bonds. The number of carbonyl (C=O) groups is 2. The number of carbonyl (C=O) groups excluding carboxylic acids is 2. The van der Waals surface area contributed by atoms with E-state index in [0.717, 1.165) is 24.3 Å². The SMILES string of the molecule is CO[C@@H]1C[C@H](S(=O)(=O)c2ccccc2C(F)(F)F)C[C@H]1C(=O)NCC#N.CO[C@H]1C[C@@H](S(=O)(=O)c2ccccc2C(F)(F)F)C[C@@H]1C(=O)NCC#N. The summed E-state index contributed by atoms with van der Waals surface area (Å²) in [5, 5.41) is 19.3. The van der Waals surface area contributed by atoms with Crippen LogP contribution < -0.4 is 10.6 Å². The summed E-state index contributed by atoms with van der Waals surface area (Å²) in [5.41, 5.74) is -2.46. The summed E-state index contributed by atoms with van der Waals surface area (Å²) < 4.78 is 141. The van der Waals surface area contributed by atoms with Crippen molar-refractivity contribution in [2.75, 3.05) is 27.3 Å². The predicted molar refractivity (Wildman–Crippen MR) is 169 cm³/mol. The van der Waals surface area contributed by atoms with Gasteiger partial charge in [0, 0.05) is 14.2 Å². The minimum Gasteiger partial charge on any atom is -0.381 e. The van der Waals surface area contributed by atoms with Gasteiger partial charge >= 0.3 is 12.4 Å². The number of hydrogen-bond acceptors (Lipinski definition) is 10. The minimum atomic E-state index is -4.81. The van der Waals surface area contributed by atoms with Crippen molar-refractivity contribution in [3.05, 3.63) is 59.7 Å². The third-order valence-corrected chi connectivity index (χ3v) is 13.2. The van der Waals surface area contributed by atoms with Gasteiger partial charge in [-0.05, 0) is 49.9 Å². The zero-order valence-corrected chi connectivity index (χ0v) is 29.2. The van der Waals surface area contributed by atoms with E-state index in [4.69, 9.17) is 20.0 Å². The molecule has 0 bridgehead atoms. The molecule has 2 aliphatic carbocycles. The first-order valence-electron chi connectivity index (χ1n) is 15.4. The minimum absolute atomic E-state index is 0.102. The van der Waals surface area contributed by atoms with E-state index in [2.05, 4.69) is 10.6 Å². The maximum atomic E-state index is 13.2. The number of nitrogens with one attached hydrogen (secondary N) is 2. The molecule has 0 saturated heterocycles. The molecule has 0 radical (unpaired) electrons. The number of amides is 2. The van der Waals surface area contributed by atoms with E-state index < -0.39 is 99.3 Å². The van der Waals surface area contributed by atoms with Crippen LogP contribution in [0.5, 0.6) is 0 Å². The Morgan fingerprint density at radius 2 is 1.00 bits per heavy atom. The van der Waals surface area contributed by atoms with E-state index in [0.29, 0.717) is 12.1 Å². The topological polar surface area (TPSA) is 193 Å². The van der Waals surface area contributed by atoms with Crippen LogP contribution in [0.15, 0.2) is 58.3 Å². The summed E-state index contributed by atoms with van der Waals surface area (Å²) >= 11 is 0. The maximum absolute atomic E-state index is 13.2. The molecule has 0 heterocycles. The smallest absolute Gasteiger partial charge is 0.381 e. The fourth-order valence-corrected chi connectivity index (χ4v) is 10.3. The molecular formula is C32H34F6N4O8S2. The number of nitriles is 2. The van der Waals surface area contributed by atoms with Gasteiger partial charge in [-0.2, -0.15) is 36.9 Å². The van der Waals surface area contributed by atoms with E-state index in [1.807, 2.05) is 0 Å². The van der Waals surface area contributed by atoms with Crippen LogP contribution in [0.3, 0.4) is 0 Å². The number of methoxy groups -OCH3 is 2. The third-order valence-electron chi connectivity index (χ3n) is 8.76. The highest BCUT2D eigenvalue weighted by atomic mass is 32.2. The van der Waals surface area contributed by atoms with Crippen LogP contribution in [0.4, 0.5) is 26.3 Å². The summed E-state index contributed by atoms with van der Waals surface area (Å²) in [4.78, 5) is 22.6. The van der Waals surface area contributed by atoms with Crippen LogP contribution in [0.1, 0.15) is 36.8 Å². The van der Waals surface area contributed by atoms with Gasteiger partial charge in [0.2, 0.25) is 11.8 Å². The fraction of sp³-hybridized carbons (Fsp3) is 0.500. The van der Waals surface area contributed by atoms with Crippen molar-refractivity contribution in [2.24, 2.45) is 11.8 Å². The highest BCUT2D eigenvalue weighted by Crippen LogP contribution is 2.42. The molecule has 6 atom stereocenters. The van der Waals surface area contributed by atoms with Crippen LogP contribution in [-0.4, -0.2) is 78.7 Å². The summed E-state index contributed by atoms with van der Waals surface area (Å²) in [6.07, 6.45) is -11.7. The van der Waals surface area contributed by atoms with Gasteiger partial charge in [0.15, 0.2) is 19.7 Å². The number of alkyl halides is 6. The number of halogens is 6. The lowest BCUT2D eigenvalue weighted by Gasteiger charge is -2.16. The number of benzene rings is 2. The zero-order valence-electron chi connectivity index (χ0n) is 27.6. The Labute approximate surface area is 295 Å². The molecule has 0 unspecified atom stereocenters. The molecule has 4 rings (SSSR count). The molecule has 0 aromatic heterocycles. The van der Waals surface area contributed by atoms with E-state index >= 15 is 0 Å². The third kappa shape index (κ3) is 9.59. The van der Waals surface area contributed by atoms with Gasteiger partial charge in [-0.25, -0.2) is 16.8 Å². The van der Waals surface area contributed by atoms with Gasteiger partial charge in [-0.1, -0.05) is 24.3 Å². The van der Waals surface area contributed by atoms with Crippen molar-refractivity contribution in [2.45, 2.75) is 70.5 Å². The van der Waals surface area contributed by atoms with Gasteiger partial charge in [-0.15, -0.1) is 0 Å². The number of nitrogens with zero attached hydrogens (tertiary/aromatic N) is 2. The van der Waals surface area contributed by atoms with Crippen molar-refractivity contribution < 1.29 is 62.2 Å². The Morgan fingerprint density at radius 3 is 1.29 bits per heavy atom. The second-order valence-corrected chi connectivity index (χ2v) is 16.2. The Kier molecular flexibility index (Phi) is 13.8. The lowest BCUT2D eigenvalue weighted by Crippen LogP contribution is -2.35. The van der Waals surface area contributed by atoms with Crippen molar-refractivity contribution in [3.63, 3.8) is 0 Å². The number of sulfone groups is 2. The molecule has 52 heavy (non-hydrogen) atoms. The summed E-state index contributed by atoms with van der Waals surface area (Å²) in [6.45, 7) is -0.500. The van der Waals surface area contributed by atoms with E-state index in [1.54, 1.807) is 12.1 Å². The van der Waals surface area contributed by atoms with Gasteiger partial charge < -0.3 is 20.1 Å². The van der Waals surface area contributed by atoms with Gasteiger partial charge in [0.1, 0.15) is 13.1 Å². The lowest BCUT2D eigenvalue weighted by molar-refractivity contribution is -0.140. The van der Waals surface area contributed by atoms with Gasteiger partial charge in [0.25, 0.3) is 0 Å². The quantitative estimate of drug-likeness (QED) is 0.265. The molecule has 2 aliphatic rings. The summed E-state index contributed by atoms with van der Waals surface area (Å²) in [6, 6.07) is 11.4. The fourth-order valence-electron chi connectivity index (χ4n) is 6.26. The van der Waals surface area contributed by atoms with Crippen molar-refractivity contribution in [3.8, 4) is 12.1 Å². The Hall–Kier alpha value is -4.24. The van der Waals surface area contributed by atoms with Crippen LogP contribution in [-0.2, 0) is 51.1 Å². The molecular weight excluding hydrogens is 746 g/mol. The lowest BCUT2D eigenvalue weighted by atomic mass is 10.1. The molecule has 284 valence electrons. The van der Waals surface area contributed by atoms with Gasteiger partial charge in [-0.3, -0.25) is 9.59 Å². The van der Waals surface area contributed by atoms with Crippen molar-refractivity contribution in [1.82, 2.24) is 10.6 Å². The Morgan fingerprint density at radius 1 is 0.673 bits per heavy atom. The van der Waals surface area contributed by atoms with Crippen LogP contribution in [0, 0.1) is 34.5 Å². The average molecular weight is 781 g/mol. The van der Waals surface area contributed by atoms with Crippen molar-refractivity contribution in [1.29, 1.82) is 10.5 Å². The van der Waals surface area contributed by atoms with Crippen LogP contribution in [0.2, 0.25) is 0 Å². The average Bonchev–Trinajstić information content (AvgIpc) is 3.75. The largest absolute Gasteiger partial charge is 0.417 e. The number of hydrogen-bond donors (Lipinski definition) is 2. The molecule has 2 saturated carbocycles. The van der Waals surface area contributed by atoms with E-state index in [-0.39, 0.29) is 38.8 Å². The van der Waals surface area contributed by atoms with E-state index in [9.17, 15) is 52.8 Å². The zero-order chi connectivity index (χ0) is 39.1. The first kappa shape index (κ1) is 42.2. The van der Waals surface area contributed by atoms with Gasteiger partial charge in [0.05, 0.1) is 67.6 Å². The summed E-state index contributed by atoms with van der Waals surface area (Å²) in [5.74, 6) is -2.82. The monoisotopic (exact) mass is 780 g/mol. The van der Waals surface area contributed by atoms with Crippen LogP contribution >= 0.6 is 0 Å². The normalized spacial score (nSPS) is 23.4. The Bertz CT molecular complexity index is 1770. The van der Waals surface area contributed by atoms with E-state index in [1.165, 1.54) is 26.4 Å². The molecule has 20 heteroatoms. The molecule has 2 aromatic carbocycles. The number of ether oxygens (including phenoxy) is 2. The second-order valence-electron chi connectivity index (χ2n) is 11.8. The molecule has 0 spiro atoms. The molecule has 2 N–H and O–H groups in total. The predicted octanol–water partition coefficient (Wildman–Crippen LogP) is 3.82. The summed E-state index contributed by atoms with van der Waals surface area (Å²) in [7, 11) is -6.06. The first-order chi connectivity index (χ1) is 24.2. The second kappa shape index (κ2) is 17.1. The standard InChI is InChI=1S/2C16H17F3N2O4S/c2*1-25-13-9-10(8-11(13)15(22)21-7-6-20)26(23,24)14-5-3-2-4-12(14)16(17,18)19/h2*2-5,10-11,13H,7-9H2,1H3,(H,21,22)/t2*10-,11-,13-/m10/s1. The molecule has 2 aromatic rings. The Balaban J connectivity index is 0.000000280. The molecule has 0 aliphatic heterocycles. The molecule has 2 fully saturated rings. The van der Waals surface area contributed by atoms with Crippen molar-refractivity contribution >= 4 is 31.5 Å². The maximum Gasteiger partial charge on any atom is 0.417 e. The molecule has 12 nitrogen and oxygen atoms in total. The highest BCUT2D eigenvalue weighted by Gasteiger charge is 2.49. The van der Waals surface area contributed by atoms with Crippen LogP contribution in [0.25, 0.3) is 0 Å². The number of rotatable bonds is 10. The highest BCUT2D eigenvalue weighted by molar-refractivity contribution is 7.92. The first-order valence-corrected chi connectivity index (χ1v) is 18.5.